The third-order valence-electron chi connectivity index (χ3n) is 3.24. The minimum Gasteiger partial charge on any atom is -0.352 e. The fourth-order valence-electron chi connectivity index (χ4n) is 1.44. The van der Waals surface area contributed by atoms with E-state index in [9.17, 15) is 9.59 Å². The van der Waals surface area contributed by atoms with Crippen LogP contribution in [0.3, 0.4) is 0 Å². The highest BCUT2D eigenvalue weighted by atomic mass is 16.2. The van der Waals surface area contributed by atoms with Gasteiger partial charge in [0.1, 0.15) is 6.04 Å². The van der Waals surface area contributed by atoms with Crippen molar-refractivity contribution in [2.45, 2.75) is 58.2 Å². The van der Waals surface area contributed by atoms with Gasteiger partial charge < -0.3 is 16.4 Å². The highest BCUT2D eigenvalue weighted by Gasteiger charge is 2.27. The Morgan fingerprint density at radius 1 is 1.29 bits per heavy atom. The van der Waals surface area contributed by atoms with E-state index >= 15 is 0 Å². The minimum atomic E-state index is -0.545. The standard InChI is InChI=1S/C12H23N3O2/c1-4-7(2)10(13)12(17)14-8(3)11(16)15-9-5-6-9/h7-10H,4-6,13H2,1-3H3,(H,14,17)(H,15,16). The molecule has 0 aliphatic heterocycles. The molecule has 0 heterocycles. The number of nitrogens with two attached hydrogens (primary N) is 1. The molecular formula is C12H23N3O2. The van der Waals surface area contributed by atoms with Gasteiger partial charge in [0.15, 0.2) is 0 Å². The molecule has 5 nitrogen and oxygen atoms in total. The molecule has 1 aliphatic carbocycles. The Morgan fingerprint density at radius 2 is 1.88 bits per heavy atom. The molecule has 4 N–H and O–H groups in total. The number of nitrogens with one attached hydrogen (secondary N) is 2. The molecule has 0 spiro atoms. The second-order valence-electron chi connectivity index (χ2n) is 4.92. The van der Waals surface area contributed by atoms with Crippen molar-refractivity contribution in [3.8, 4) is 0 Å². The van der Waals surface area contributed by atoms with Crippen LogP contribution < -0.4 is 16.4 Å². The highest BCUT2D eigenvalue weighted by Crippen LogP contribution is 2.18. The van der Waals surface area contributed by atoms with E-state index in [1.165, 1.54) is 0 Å². The van der Waals surface area contributed by atoms with Gasteiger partial charge in [0.05, 0.1) is 6.04 Å². The first-order valence-corrected chi connectivity index (χ1v) is 6.32. The molecule has 0 aromatic heterocycles. The van der Waals surface area contributed by atoms with Gasteiger partial charge >= 0.3 is 0 Å². The maximum absolute atomic E-state index is 11.7. The number of carbonyl (C=O) groups is 2. The van der Waals surface area contributed by atoms with Crippen molar-refractivity contribution >= 4 is 11.8 Å². The summed E-state index contributed by atoms with van der Waals surface area (Å²) in [7, 11) is 0. The van der Waals surface area contributed by atoms with Crippen molar-refractivity contribution in [3.05, 3.63) is 0 Å². The quantitative estimate of drug-likeness (QED) is 0.618. The van der Waals surface area contributed by atoms with E-state index < -0.39 is 12.1 Å². The molecule has 2 amide bonds. The van der Waals surface area contributed by atoms with Crippen LogP contribution in [0.4, 0.5) is 0 Å². The SMILES string of the molecule is CCC(C)C(N)C(=O)NC(C)C(=O)NC1CC1. The second-order valence-corrected chi connectivity index (χ2v) is 4.92. The van der Waals surface area contributed by atoms with Crippen LogP contribution in [0.2, 0.25) is 0 Å². The molecule has 1 rings (SSSR count). The first-order chi connectivity index (χ1) is 7.95. The largest absolute Gasteiger partial charge is 0.352 e. The summed E-state index contributed by atoms with van der Waals surface area (Å²) in [6.45, 7) is 5.60. The zero-order valence-electron chi connectivity index (χ0n) is 10.8. The molecule has 1 saturated carbocycles. The van der Waals surface area contributed by atoms with E-state index in [0.717, 1.165) is 19.3 Å². The van der Waals surface area contributed by atoms with Gasteiger partial charge in [-0.25, -0.2) is 0 Å². The Balaban J connectivity index is 2.35. The molecule has 0 radical (unpaired) electrons. The van der Waals surface area contributed by atoms with E-state index in [2.05, 4.69) is 10.6 Å². The number of hydrogen-bond donors (Lipinski definition) is 3. The minimum absolute atomic E-state index is 0.119. The molecule has 1 aliphatic rings. The van der Waals surface area contributed by atoms with Crippen LogP contribution in [0.25, 0.3) is 0 Å². The lowest BCUT2D eigenvalue weighted by atomic mass is 9.99. The van der Waals surface area contributed by atoms with Crippen LogP contribution in [0.5, 0.6) is 0 Å². The summed E-state index contributed by atoms with van der Waals surface area (Å²) in [5.74, 6) is -0.260. The van der Waals surface area contributed by atoms with Gasteiger partial charge in [-0.05, 0) is 25.7 Å². The smallest absolute Gasteiger partial charge is 0.242 e. The molecular weight excluding hydrogens is 218 g/mol. The van der Waals surface area contributed by atoms with Crippen molar-refractivity contribution in [1.82, 2.24) is 10.6 Å². The molecule has 5 heteroatoms. The van der Waals surface area contributed by atoms with Gasteiger partial charge in [0.25, 0.3) is 0 Å². The number of rotatable bonds is 6. The molecule has 0 aromatic carbocycles. The maximum atomic E-state index is 11.7. The van der Waals surface area contributed by atoms with Crippen LogP contribution in [-0.4, -0.2) is 29.9 Å². The lowest BCUT2D eigenvalue weighted by Crippen LogP contribution is -2.52. The summed E-state index contributed by atoms with van der Waals surface area (Å²) in [6.07, 6.45) is 2.93. The van der Waals surface area contributed by atoms with E-state index in [-0.39, 0.29) is 17.7 Å². The Bertz CT molecular complexity index is 289. The van der Waals surface area contributed by atoms with Crippen LogP contribution >= 0.6 is 0 Å². The summed E-state index contributed by atoms with van der Waals surface area (Å²) in [6, 6.07) is -0.750. The van der Waals surface area contributed by atoms with Crippen LogP contribution in [-0.2, 0) is 9.59 Å². The topological polar surface area (TPSA) is 84.2 Å². The van der Waals surface area contributed by atoms with Crippen molar-refractivity contribution in [3.63, 3.8) is 0 Å². The van der Waals surface area contributed by atoms with Gasteiger partial charge in [-0.3, -0.25) is 9.59 Å². The summed E-state index contributed by atoms with van der Waals surface area (Å²) in [5, 5.41) is 5.50. The number of hydrogen-bond acceptors (Lipinski definition) is 3. The van der Waals surface area contributed by atoms with Gasteiger partial charge in [0.2, 0.25) is 11.8 Å². The number of amides is 2. The van der Waals surface area contributed by atoms with Gasteiger partial charge in [-0.15, -0.1) is 0 Å². The van der Waals surface area contributed by atoms with Crippen LogP contribution in [0.15, 0.2) is 0 Å². The molecule has 0 aromatic rings. The first kappa shape index (κ1) is 14.0. The third-order valence-corrected chi connectivity index (χ3v) is 3.24. The fourth-order valence-corrected chi connectivity index (χ4v) is 1.44. The van der Waals surface area contributed by atoms with Crippen LogP contribution in [0, 0.1) is 5.92 Å². The predicted molar refractivity (Wildman–Crippen MR) is 66.2 cm³/mol. The number of carbonyl (C=O) groups excluding carboxylic acids is 2. The van der Waals surface area contributed by atoms with Gasteiger partial charge in [0, 0.05) is 6.04 Å². The summed E-state index contributed by atoms with van der Waals surface area (Å²) >= 11 is 0. The maximum Gasteiger partial charge on any atom is 0.242 e. The zero-order valence-corrected chi connectivity index (χ0v) is 10.8. The Labute approximate surface area is 103 Å². The second kappa shape index (κ2) is 6.00. The van der Waals surface area contributed by atoms with Crippen molar-refractivity contribution in [2.24, 2.45) is 11.7 Å². The van der Waals surface area contributed by atoms with E-state index in [1.54, 1.807) is 6.92 Å². The molecule has 0 bridgehead atoms. The predicted octanol–water partition coefficient (Wildman–Crippen LogP) is 0.143. The first-order valence-electron chi connectivity index (χ1n) is 6.32. The molecule has 17 heavy (non-hydrogen) atoms. The molecule has 0 saturated heterocycles. The summed E-state index contributed by atoms with van der Waals surface area (Å²) < 4.78 is 0. The summed E-state index contributed by atoms with van der Waals surface area (Å²) in [4.78, 5) is 23.4. The van der Waals surface area contributed by atoms with Gasteiger partial charge in [-0.1, -0.05) is 20.3 Å². The molecule has 3 atom stereocenters. The van der Waals surface area contributed by atoms with Crippen molar-refractivity contribution in [2.75, 3.05) is 0 Å². The van der Waals surface area contributed by atoms with E-state index in [4.69, 9.17) is 5.73 Å². The zero-order chi connectivity index (χ0) is 13.0. The van der Waals surface area contributed by atoms with E-state index in [0.29, 0.717) is 6.04 Å². The average Bonchev–Trinajstić information content (AvgIpc) is 3.10. The normalized spacial score (nSPS) is 20.2. The van der Waals surface area contributed by atoms with Crippen molar-refractivity contribution < 1.29 is 9.59 Å². The van der Waals surface area contributed by atoms with Crippen LogP contribution in [0.1, 0.15) is 40.0 Å². The third kappa shape index (κ3) is 4.34. The molecule has 3 unspecified atom stereocenters. The Morgan fingerprint density at radius 3 is 2.35 bits per heavy atom. The average molecular weight is 241 g/mol. The van der Waals surface area contributed by atoms with Crippen molar-refractivity contribution in [1.29, 1.82) is 0 Å². The van der Waals surface area contributed by atoms with Gasteiger partial charge in [-0.2, -0.15) is 0 Å². The Kier molecular flexibility index (Phi) is 4.93. The summed E-state index contributed by atoms with van der Waals surface area (Å²) in [5.41, 5.74) is 5.79. The molecule has 1 fully saturated rings. The highest BCUT2D eigenvalue weighted by molar-refractivity contribution is 5.89. The Hall–Kier alpha value is -1.10. The fraction of sp³-hybridized carbons (Fsp3) is 0.833. The lowest BCUT2D eigenvalue weighted by Gasteiger charge is -2.20. The van der Waals surface area contributed by atoms with E-state index in [1.807, 2.05) is 13.8 Å². The molecule has 98 valence electrons. The lowest BCUT2D eigenvalue weighted by molar-refractivity contribution is -0.129. The monoisotopic (exact) mass is 241 g/mol.